The van der Waals surface area contributed by atoms with Gasteiger partial charge in [0.1, 0.15) is 11.2 Å². The van der Waals surface area contributed by atoms with E-state index >= 15 is 0 Å². The summed E-state index contributed by atoms with van der Waals surface area (Å²) in [4.78, 5) is 5.65. The summed E-state index contributed by atoms with van der Waals surface area (Å²) in [5, 5.41) is 5.04. The molecule has 0 N–H and O–H groups in total. The molecule has 3 aliphatic heterocycles. The minimum Gasteiger partial charge on any atom is -0.456 e. The van der Waals surface area contributed by atoms with E-state index in [0.717, 1.165) is 11.2 Å². The monoisotopic (exact) mass is 718 g/mol. The van der Waals surface area contributed by atoms with E-state index < -0.39 is 0 Å². The van der Waals surface area contributed by atoms with E-state index in [4.69, 9.17) is 4.42 Å². The van der Waals surface area contributed by atoms with Crippen molar-refractivity contribution in [3.8, 4) is 11.1 Å². The van der Waals surface area contributed by atoms with Crippen molar-refractivity contribution in [1.82, 2.24) is 0 Å². The highest BCUT2D eigenvalue weighted by atomic mass is 16.3. The lowest BCUT2D eigenvalue weighted by molar-refractivity contribution is 0.195. The number of aryl methyl sites for hydroxylation is 1. The van der Waals surface area contributed by atoms with E-state index in [1.165, 1.54) is 109 Å². The molecular weight excluding hydrogens is 667 g/mol. The van der Waals surface area contributed by atoms with Crippen LogP contribution >= 0.6 is 0 Å². The fourth-order valence-electron chi connectivity index (χ4n) is 11.4. The average molecular weight is 719 g/mol. The van der Waals surface area contributed by atoms with Gasteiger partial charge in [-0.05, 0) is 112 Å². The van der Waals surface area contributed by atoms with Crippen LogP contribution in [0.25, 0.3) is 43.8 Å². The fraction of sp³-hybridized carbons (Fsp3) is 0.333. The first kappa shape index (κ1) is 33.4. The molecule has 274 valence electrons. The van der Waals surface area contributed by atoms with E-state index in [9.17, 15) is 0 Å². The highest BCUT2D eigenvalue weighted by Crippen LogP contribution is 2.63. The number of para-hydroxylation sites is 1. The number of hydrogen-bond acceptors (Lipinski definition) is 3. The topological polar surface area (TPSA) is 19.6 Å². The molecule has 11 rings (SSSR count). The van der Waals surface area contributed by atoms with Crippen LogP contribution in [0.3, 0.4) is 0 Å². The Morgan fingerprint density at radius 2 is 1.38 bits per heavy atom. The molecule has 6 aromatic carbocycles. The lowest BCUT2D eigenvalue weighted by atomic mass is 9.42. The second kappa shape index (κ2) is 10.7. The van der Waals surface area contributed by atoms with Crippen LogP contribution in [0.4, 0.5) is 22.7 Å². The van der Waals surface area contributed by atoms with Gasteiger partial charge in [0.05, 0.1) is 10.9 Å². The number of nitrogens with zero attached hydrogens (tertiary/aromatic N) is 2. The van der Waals surface area contributed by atoms with Gasteiger partial charge in [-0.25, -0.2) is 0 Å². The molecule has 55 heavy (non-hydrogen) atoms. The standard InChI is InChI=1S/C51H51BN2O/c1-30-26-32(48(2,3)4)20-22-40(30)54-45-35(21-23-42-43(45)36-18-12-13-19-41(36)55-42)37-27-31-16-10-11-17-34(31)46-44(37)52(54)39-29-33(49(5,6)7)28-38-47(39)53(46)51(9)25-15-14-24-50(38,51)8/h10-13,16-23,26-29H,14-15,24-25H2,1-9H3. The van der Waals surface area contributed by atoms with Crippen molar-refractivity contribution in [2.24, 2.45) is 0 Å². The molecule has 2 unspecified atom stereocenters. The Labute approximate surface area is 326 Å². The first-order chi connectivity index (χ1) is 26.2. The number of furan rings is 1. The molecule has 1 fully saturated rings. The van der Waals surface area contributed by atoms with Crippen molar-refractivity contribution in [2.75, 3.05) is 9.71 Å². The van der Waals surface area contributed by atoms with Crippen molar-refractivity contribution >= 4 is 73.2 Å². The van der Waals surface area contributed by atoms with Crippen molar-refractivity contribution in [1.29, 1.82) is 0 Å². The van der Waals surface area contributed by atoms with Crippen LogP contribution < -0.4 is 20.6 Å². The number of fused-ring (bicyclic) bond motifs is 13. The summed E-state index contributed by atoms with van der Waals surface area (Å²) in [7, 11) is 0. The second-order valence-electron chi connectivity index (χ2n) is 19.7. The molecule has 2 atom stereocenters. The number of anilines is 4. The lowest BCUT2D eigenvalue weighted by Crippen LogP contribution is -2.65. The first-order valence-corrected chi connectivity index (χ1v) is 20.6. The van der Waals surface area contributed by atoms with Crippen LogP contribution in [0.1, 0.15) is 103 Å². The third-order valence-corrected chi connectivity index (χ3v) is 14.6. The molecule has 1 saturated carbocycles. The summed E-state index contributed by atoms with van der Waals surface area (Å²) in [5.74, 6) is 0. The zero-order valence-electron chi connectivity index (χ0n) is 33.9. The number of rotatable bonds is 1. The third kappa shape index (κ3) is 4.19. The first-order valence-electron chi connectivity index (χ1n) is 20.6. The molecular formula is C51H51BN2O. The predicted molar refractivity (Wildman–Crippen MR) is 235 cm³/mol. The predicted octanol–water partition coefficient (Wildman–Crippen LogP) is 12.6. The molecule has 0 saturated heterocycles. The quantitative estimate of drug-likeness (QED) is 0.158. The zero-order valence-corrected chi connectivity index (χ0v) is 33.9. The van der Waals surface area contributed by atoms with Crippen molar-refractivity contribution in [3.63, 3.8) is 0 Å². The van der Waals surface area contributed by atoms with Crippen molar-refractivity contribution < 1.29 is 4.42 Å². The fourth-order valence-corrected chi connectivity index (χ4v) is 11.4. The van der Waals surface area contributed by atoms with Crippen LogP contribution in [0, 0.1) is 6.92 Å². The van der Waals surface area contributed by atoms with Gasteiger partial charge in [0.25, 0.3) is 0 Å². The smallest absolute Gasteiger partial charge is 0.333 e. The molecule has 4 heterocycles. The molecule has 0 spiro atoms. The van der Waals surface area contributed by atoms with Gasteiger partial charge in [-0.2, -0.15) is 0 Å². The lowest BCUT2D eigenvalue weighted by Gasteiger charge is -2.53. The second-order valence-corrected chi connectivity index (χ2v) is 19.7. The number of benzene rings is 6. The van der Waals surface area contributed by atoms with E-state index in [-0.39, 0.29) is 28.6 Å². The molecule has 4 heteroatoms. The normalized spacial score (nSPS) is 21.3. The third-order valence-electron chi connectivity index (χ3n) is 14.6. The molecule has 3 nitrogen and oxygen atoms in total. The summed E-state index contributed by atoms with van der Waals surface area (Å²) in [5.41, 5.74) is 18.4. The van der Waals surface area contributed by atoms with Crippen LogP contribution in [-0.2, 0) is 16.2 Å². The van der Waals surface area contributed by atoms with Gasteiger partial charge in [0.2, 0.25) is 0 Å². The van der Waals surface area contributed by atoms with Crippen molar-refractivity contribution in [3.05, 3.63) is 119 Å². The molecule has 0 radical (unpaired) electrons. The Kier molecular flexibility index (Phi) is 6.47. The van der Waals surface area contributed by atoms with Gasteiger partial charge in [-0.3, -0.25) is 0 Å². The van der Waals surface area contributed by atoms with E-state index in [0.29, 0.717) is 0 Å². The van der Waals surface area contributed by atoms with Gasteiger partial charge < -0.3 is 14.1 Å². The zero-order chi connectivity index (χ0) is 38.0. The Morgan fingerprint density at radius 1 is 0.655 bits per heavy atom. The molecule has 0 amide bonds. The van der Waals surface area contributed by atoms with Crippen molar-refractivity contribution in [2.45, 2.75) is 110 Å². The van der Waals surface area contributed by atoms with E-state index in [1.54, 1.807) is 5.56 Å². The Balaban J connectivity index is 1.37. The van der Waals surface area contributed by atoms with Gasteiger partial charge in [0, 0.05) is 44.5 Å². The van der Waals surface area contributed by atoms with Gasteiger partial charge in [0.15, 0.2) is 0 Å². The van der Waals surface area contributed by atoms with Crippen LogP contribution in [0.2, 0.25) is 0 Å². The summed E-state index contributed by atoms with van der Waals surface area (Å²) in [6, 6.07) is 37.4. The van der Waals surface area contributed by atoms with Crippen LogP contribution in [-0.4, -0.2) is 12.4 Å². The largest absolute Gasteiger partial charge is 0.456 e. The molecule has 1 aliphatic carbocycles. The summed E-state index contributed by atoms with van der Waals surface area (Å²) >= 11 is 0. The van der Waals surface area contributed by atoms with Crippen LogP contribution in [0.5, 0.6) is 0 Å². The van der Waals surface area contributed by atoms with Gasteiger partial charge in [-0.15, -0.1) is 0 Å². The highest BCUT2D eigenvalue weighted by Gasteiger charge is 2.62. The van der Waals surface area contributed by atoms with E-state index in [2.05, 4.69) is 169 Å². The average Bonchev–Trinajstić information content (AvgIpc) is 3.63. The summed E-state index contributed by atoms with van der Waals surface area (Å²) < 4.78 is 6.70. The van der Waals surface area contributed by atoms with E-state index in [1.807, 2.05) is 0 Å². The Morgan fingerprint density at radius 3 is 2.15 bits per heavy atom. The molecule has 4 aliphatic rings. The van der Waals surface area contributed by atoms with Gasteiger partial charge in [-0.1, -0.05) is 128 Å². The molecule has 7 aromatic rings. The minimum atomic E-state index is -0.0538. The number of hydrogen-bond donors (Lipinski definition) is 0. The highest BCUT2D eigenvalue weighted by molar-refractivity contribution is 6.94. The summed E-state index contributed by atoms with van der Waals surface area (Å²) in [6.07, 6.45) is 4.92. The maximum atomic E-state index is 6.70. The van der Waals surface area contributed by atoms with Gasteiger partial charge >= 0.3 is 6.85 Å². The maximum absolute atomic E-state index is 6.70. The SMILES string of the molecule is Cc1cc(C(C)(C)C)ccc1N1B2c3cc(C(C)(C)C)cc4c3N(c3c2c(cc2ccccc32)-c2ccc3oc5ccccc5c3c21)C1(C)CCCCC41C. The minimum absolute atomic E-state index is 0.0113. The Hall–Kier alpha value is -4.96. The molecule has 1 aromatic heterocycles. The summed E-state index contributed by atoms with van der Waals surface area (Å²) in [6.45, 7) is 21.7. The maximum Gasteiger partial charge on any atom is 0.333 e. The van der Waals surface area contributed by atoms with Crippen LogP contribution in [0.15, 0.2) is 101 Å². The molecule has 0 bridgehead atoms. The Bertz CT molecular complexity index is 2810.